The van der Waals surface area contributed by atoms with Crippen molar-refractivity contribution >= 4 is 5.69 Å². The molecule has 2 nitrogen and oxygen atoms in total. The van der Waals surface area contributed by atoms with Crippen LogP contribution in [0.4, 0.5) is 14.5 Å². The first-order valence-corrected chi connectivity index (χ1v) is 8.05. The zero-order chi connectivity index (χ0) is 15.4. The molecule has 1 fully saturated rings. The Morgan fingerprint density at radius 3 is 2.43 bits per heavy atom. The minimum atomic E-state index is -0.435. The highest BCUT2D eigenvalue weighted by Gasteiger charge is 2.33. The van der Waals surface area contributed by atoms with E-state index < -0.39 is 11.6 Å². The molecule has 1 aromatic rings. The van der Waals surface area contributed by atoms with Gasteiger partial charge in [-0.2, -0.15) is 0 Å². The third-order valence-corrected chi connectivity index (χ3v) is 4.35. The molecule has 0 amide bonds. The third-order valence-electron chi connectivity index (χ3n) is 4.35. The lowest BCUT2D eigenvalue weighted by molar-refractivity contribution is 0.538. The zero-order valence-corrected chi connectivity index (χ0v) is 13.3. The van der Waals surface area contributed by atoms with Crippen LogP contribution in [-0.2, 0) is 6.54 Å². The van der Waals surface area contributed by atoms with Crippen LogP contribution in [0.5, 0.6) is 0 Å². The van der Waals surface area contributed by atoms with E-state index in [-0.39, 0.29) is 17.8 Å². The molecule has 1 aliphatic rings. The molecule has 1 aromatic carbocycles. The van der Waals surface area contributed by atoms with E-state index in [0.29, 0.717) is 12.1 Å². The Bertz CT molecular complexity index is 453. The van der Waals surface area contributed by atoms with Gasteiger partial charge in [0, 0.05) is 18.6 Å². The van der Waals surface area contributed by atoms with Crippen molar-refractivity contribution in [3.63, 3.8) is 0 Å². The van der Waals surface area contributed by atoms with Gasteiger partial charge in [0.2, 0.25) is 0 Å². The molecule has 1 aliphatic heterocycles. The molecular formula is C17H26F2N2. The lowest BCUT2D eigenvalue weighted by Gasteiger charge is -2.31. The minimum Gasteiger partial charge on any atom is -0.361 e. The summed E-state index contributed by atoms with van der Waals surface area (Å²) in [5, 5.41) is 3.18. The van der Waals surface area contributed by atoms with Gasteiger partial charge >= 0.3 is 0 Å². The van der Waals surface area contributed by atoms with Crippen molar-refractivity contribution in [3.8, 4) is 0 Å². The van der Waals surface area contributed by atoms with E-state index in [2.05, 4.69) is 19.2 Å². The van der Waals surface area contributed by atoms with Gasteiger partial charge in [0.25, 0.3) is 0 Å². The van der Waals surface area contributed by atoms with Gasteiger partial charge in [0.05, 0.1) is 0 Å². The van der Waals surface area contributed by atoms with Gasteiger partial charge in [0.1, 0.15) is 17.3 Å². The molecule has 21 heavy (non-hydrogen) atoms. The van der Waals surface area contributed by atoms with Crippen LogP contribution in [0.2, 0.25) is 0 Å². The molecule has 0 aliphatic carbocycles. The van der Waals surface area contributed by atoms with Gasteiger partial charge in [-0.1, -0.05) is 13.8 Å². The summed E-state index contributed by atoms with van der Waals surface area (Å²) < 4.78 is 28.9. The standard InChI is InChI=1S/C17H26F2N2/c1-4-8-20-11-13-9-15(18)17(16(19)10-13)21-12(3)6-7-14(21)5-2/h9-10,12,14,20H,4-8,11H2,1-3H3. The SMILES string of the molecule is CCCNCc1cc(F)c(N2C(C)CCC2CC)c(F)c1. The molecule has 1 N–H and O–H groups in total. The van der Waals surface area contributed by atoms with E-state index in [1.807, 2.05) is 11.8 Å². The summed E-state index contributed by atoms with van der Waals surface area (Å²) in [5.74, 6) is -0.869. The highest BCUT2D eigenvalue weighted by atomic mass is 19.1. The molecule has 0 aromatic heterocycles. The Hall–Kier alpha value is -1.16. The summed E-state index contributed by atoms with van der Waals surface area (Å²) in [6.07, 6.45) is 3.93. The second kappa shape index (κ2) is 7.21. The second-order valence-electron chi connectivity index (χ2n) is 5.98. The lowest BCUT2D eigenvalue weighted by Crippen LogP contribution is -2.35. The van der Waals surface area contributed by atoms with Crippen LogP contribution in [0.3, 0.4) is 0 Å². The van der Waals surface area contributed by atoms with Crippen LogP contribution in [0, 0.1) is 11.6 Å². The molecular weight excluding hydrogens is 270 g/mol. The Morgan fingerprint density at radius 2 is 1.86 bits per heavy atom. The summed E-state index contributed by atoms with van der Waals surface area (Å²) in [6, 6.07) is 3.38. The number of anilines is 1. The maximum atomic E-state index is 14.4. The van der Waals surface area contributed by atoms with E-state index in [4.69, 9.17) is 0 Å². The molecule has 0 bridgehead atoms. The Labute approximate surface area is 126 Å². The predicted molar refractivity (Wildman–Crippen MR) is 83.6 cm³/mol. The molecule has 2 atom stereocenters. The fraction of sp³-hybridized carbons (Fsp3) is 0.647. The van der Waals surface area contributed by atoms with Gasteiger partial charge in [-0.15, -0.1) is 0 Å². The van der Waals surface area contributed by atoms with Gasteiger partial charge < -0.3 is 10.2 Å². The summed E-state index contributed by atoms with van der Waals surface area (Å²) in [7, 11) is 0. The maximum Gasteiger partial charge on any atom is 0.149 e. The third kappa shape index (κ3) is 3.54. The van der Waals surface area contributed by atoms with Crippen LogP contribution < -0.4 is 10.2 Å². The average Bonchev–Trinajstić information content (AvgIpc) is 2.80. The zero-order valence-electron chi connectivity index (χ0n) is 13.3. The number of nitrogens with one attached hydrogen (secondary N) is 1. The largest absolute Gasteiger partial charge is 0.361 e. The molecule has 0 saturated carbocycles. The molecule has 2 rings (SSSR count). The highest BCUT2D eigenvalue weighted by molar-refractivity contribution is 5.53. The number of rotatable bonds is 6. The van der Waals surface area contributed by atoms with E-state index >= 15 is 0 Å². The monoisotopic (exact) mass is 296 g/mol. The number of hydrogen-bond donors (Lipinski definition) is 1. The van der Waals surface area contributed by atoms with Gasteiger partial charge in [-0.25, -0.2) is 8.78 Å². The van der Waals surface area contributed by atoms with Gasteiger partial charge in [-0.05, 0) is 56.8 Å². The van der Waals surface area contributed by atoms with E-state index in [1.165, 1.54) is 12.1 Å². The van der Waals surface area contributed by atoms with Crippen LogP contribution >= 0.6 is 0 Å². The minimum absolute atomic E-state index is 0.158. The van der Waals surface area contributed by atoms with Crippen molar-refractivity contribution < 1.29 is 8.78 Å². The smallest absolute Gasteiger partial charge is 0.149 e. The summed E-state index contributed by atoms with van der Waals surface area (Å²) >= 11 is 0. The molecule has 2 unspecified atom stereocenters. The maximum absolute atomic E-state index is 14.4. The fourth-order valence-corrected chi connectivity index (χ4v) is 3.25. The van der Waals surface area contributed by atoms with Crippen LogP contribution in [0.15, 0.2) is 12.1 Å². The van der Waals surface area contributed by atoms with Crippen LogP contribution in [0.25, 0.3) is 0 Å². The number of benzene rings is 1. The summed E-state index contributed by atoms with van der Waals surface area (Å²) in [4.78, 5) is 1.94. The molecule has 0 spiro atoms. The Kier molecular flexibility index (Phi) is 5.57. The summed E-state index contributed by atoms with van der Waals surface area (Å²) in [5.41, 5.74) is 0.827. The normalized spacial score (nSPS) is 22.0. The number of hydrogen-bond acceptors (Lipinski definition) is 2. The quantitative estimate of drug-likeness (QED) is 0.790. The first-order chi connectivity index (χ1) is 10.1. The molecule has 4 heteroatoms. The van der Waals surface area contributed by atoms with Gasteiger partial charge in [-0.3, -0.25) is 0 Å². The number of nitrogens with zero attached hydrogens (tertiary/aromatic N) is 1. The van der Waals surface area contributed by atoms with Crippen molar-refractivity contribution in [2.75, 3.05) is 11.4 Å². The van der Waals surface area contributed by atoms with Crippen LogP contribution in [0.1, 0.15) is 52.0 Å². The molecule has 0 radical (unpaired) electrons. The topological polar surface area (TPSA) is 15.3 Å². The Morgan fingerprint density at radius 1 is 1.19 bits per heavy atom. The first-order valence-electron chi connectivity index (χ1n) is 8.05. The second-order valence-corrected chi connectivity index (χ2v) is 5.98. The first kappa shape index (κ1) is 16.2. The lowest BCUT2D eigenvalue weighted by atomic mass is 10.1. The van der Waals surface area contributed by atoms with Crippen molar-refractivity contribution in [1.82, 2.24) is 5.32 Å². The Balaban J connectivity index is 2.24. The average molecular weight is 296 g/mol. The van der Waals surface area contributed by atoms with Crippen molar-refractivity contribution in [2.24, 2.45) is 0 Å². The predicted octanol–water partition coefficient (Wildman–Crippen LogP) is 4.23. The molecule has 1 heterocycles. The van der Waals surface area contributed by atoms with E-state index in [9.17, 15) is 8.78 Å². The summed E-state index contributed by atoms with van der Waals surface area (Å²) in [6.45, 7) is 7.55. The van der Waals surface area contributed by atoms with E-state index in [1.54, 1.807) is 0 Å². The molecule has 1 saturated heterocycles. The van der Waals surface area contributed by atoms with E-state index in [0.717, 1.165) is 32.2 Å². The van der Waals surface area contributed by atoms with Crippen molar-refractivity contribution in [1.29, 1.82) is 0 Å². The van der Waals surface area contributed by atoms with Crippen LogP contribution in [-0.4, -0.2) is 18.6 Å². The fourth-order valence-electron chi connectivity index (χ4n) is 3.25. The number of halogens is 2. The highest BCUT2D eigenvalue weighted by Crippen LogP contribution is 2.35. The van der Waals surface area contributed by atoms with Crippen molar-refractivity contribution in [2.45, 2.75) is 65.1 Å². The molecule has 118 valence electrons. The van der Waals surface area contributed by atoms with Gasteiger partial charge in [0.15, 0.2) is 0 Å². The van der Waals surface area contributed by atoms with Crippen molar-refractivity contribution in [3.05, 3.63) is 29.3 Å².